The molecule has 0 spiro atoms. The van der Waals surface area contributed by atoms with Gasteiger partial charge in [-0.05, 0) is 52.3 Å². The first kappa shape index (κ1) is 17.7. The highest BCUT2D eigenvalue weighted by Gasteiger charge is 2.28. The number of piperidine rings is 1. The monoisotopic (exact) mass is 320 g/mol. The second-order valence-corrected chi connectivity index (χ2v) is 6.82. The van der Waals surface area contributed by atoms with E-state index < -0.39 is 0 Å². The highest BCUT2D eigenvalue weighted by atomic mass is 16.2. The lowest BCUT2D eigenvalue weighted by Gasteiger charge is -2.41. The molecule has 23 heavy (non-hydrogen) atoms. The molecule has 1 aromatic heterocycles. The van der Waals surface area contributed by atoms with Gasteiger partial charge >= 0.3 is 0 Å². The zero-order valence-electron chi connectivity index (χ0n) is 14.5. The van der Waals surface area contributed by atoms with Crippen molar-refractivity contribution in [1.82, 2.24) is 20.0 Å². The predicted molar refractivity (Wildman–Crippen MR) is 90.6 cm³/mol. The molecule has 1 aromatic rings. The first-order valence-corrected chi connectivity index (χ1v) is 8.55. The van der Waals surface area contributed by atoms with Crippen molar-refractivity contribution in [3.63, 3.8) is 0 Å². The predicted octanol–water partition coefficient (Wildman–Crippen LogP) is 1.65. The lowest BCUT2D eigenvalue weighted by molar-refractivity contribution is 0.0792. The van der Waals surface area contributed by atoms with E-state index in [0.717, 1.165) is 19.5 Å². The summed E-state index contributed by atoms with van der Waals surface area (Å²) in [5.74, 6) is -0.222. The highest BCUT2D eigenvalue weighted by molar-refractivity contribution is 5.92. The van der Waals surface area contributed by atoms with Gasteiger partial charge in [0.15, 0.2) is 0 Å². The van der Waals surface area contributed by atoms with E-state index in [-0.39, 0.29) is 17.0 Å². The molecule has 0 saturated carbocycles. The van der Waals surface area contributed by atoms with Gasteiger partial charge in [0, 0.05) is 24.7 Å². The fourth-order valence-corrected chi connectivity index (χ4v) is 2.94. The smallest absolute Gasteiger partial charge is 0.271 e. The maximum Gasteiger partial charge on any atom is 0.271 e. The van der Waals surface area contributed by atoms with Gasteiger partial charge in [-0.1, -0.05) is 13.3 Å². The molecular weight excluding hydrogens is 292 g/mol. The number of carbonyl (C=O) groups is 1. The molecule has 6 nitrogen and oxygen atoms in total. The van der Waals surface area contributed by atoms with E-state index in [1.165, 1.54) is 36.1 Å². The minimum Gasteiger partial charge on any atom is -0.349 e. The number of hydrogen-bond donors (Lipinski definition) is 1. The molecule has 0 atom stereocenters. The molecule has 2 heterocycles. The molecule has 1 fully saturated rings. The van der Waals surface area contributed by atoms with Crippen LogP contribution in [0, 0.1) is 0 Å². The topological polar surface area (TPSA) is 67.2 Å². The maximum atomic E-state index is 12.3. The van der Waals surface area contributed by atoms with Gasteiger partial charge in [0.05, 0.1) is 0 Å². The van der Waals surface area contributed by atoms with Gasteiger partial charge in [0.25, 0.3) is 11.5 Å². The van der Waals surface area contributed by atoms with E-state index >= 15 is 0 Å². The third-order valence-corrected chi connectivity index (χ3v) is 4.43. The maximum absolute atomic E-state index is 12.3. The van der Waals surface area contributed by atoms with E-state index in [9.17, 15) is 9.59 Å². The Morgan fingerprint density at radius 3 is 2.61 bits per heavy atom. The lowest BCUT2D eigenvalue weighted by Crippen LogP contribution is -2.53. The Hall–Kier alpha value is -1.69. The molecule has 0 unspecified atom stereocenters. The SMILES string of the molecule is CCCn1nc(C(=O)NCC(C)(C)N2CCCCC2)ccc1=O. The van der Waals surface area contributed by atoms with Crippen LogP contribution in [0.5, 0.6) is 0 Å². The van der Waals surface area contributed by atoms with Crippen molar-refractivity contribution in [3.8, 4) is 0 Å². The summed E-state index contributed by atoms with van der Waals surface area (Å²) in [6.45, 7) is 9.56. The number of likely N-dealkylation sites (tertiary alicyclic amines) is 1. The van der Waals surface area contributed by atoms with Crippen LogP contribution in [0.2, 0.25) is 0 Å². The van der Waals surface area contributed by atoms with Crippen LogP contribution in [0.4, 0.5) is 0 Å². The number of hydrogen-bond acceptors (Lipinski definition) is 4. The second-order valence-electron chi connectivity index (χ2n) is 6.82. The van der Waals surface area contributed by atoms with Gasteiger partial charge in [-0.25, -0.2) is 4.68 Å². The Kier molecular flexibility index (Phi) is 5.93. The molecule has 1 aliphatic heterocycles. The Balaban J connectivity index is 1.98. The van der Waals surface area contributed by atoms with Crippen molar-refractivity contribution in [2.24, 2.45) is 0 Å². The van der Waals surface area contributed by atoms with Crippen LogP contribution in [0.3, 0.4) is 0 Å². The lowest BCUT2D eigenvalue weighted by atomic mass is 9.98. The summed E-state index contributed by atoms with van der Waals surface area (Å²) in [5.41, 5.74) is 0.0538. The summed E-state index contributed by atoms with van der Waals surface area (Å²) in [5, 5.41) is 7.12. The summed E-state index contributed by atoms with van der Waals surface area (Å²) < 4.78 is 1.35. The molecular formula is C17H28N4O2. The normalized spacial score (nSPS) is 16.3. The average Bonchev–Trinajstić information content (AvgIpc) is 2.56. The molecule has 1 saturated heterocycles. The Bertz CT molecular complexity index is 589. The molecule has 128 valence electrons. The zero-order valence-corrected chi connectivity index (χ0v) is 14.5. The Labute approximate surface area is 137 Å². The highest BCUT2D eigenvalue weighted by Crippen LogP contribution is 2.19. The van der Waals surface area contributed by atoms with Crippen LogP contribution < -0.4 is 10.9 Å². The van der Waals surface area contributed by atoms with Gasteiger partial charge in [0.1, 0.15) is 5.69 Å². The van der Waals surface area contributed by atoms with Gasteiger partial charge in [-0.15, -0.1) is 0 Å². The van der Waals surface area contributed by atoms with E-state index in [0.29, 0.717) is 18.8 Å². The summed E-state index contributed by atoms with van der Waals surface area (Å²) in [4.78, 5) is 26.4. The fourth-order valence-electron chi connectivity index (χ4n) is 2.94. The molecule has 1 N–H and O–H groups in total. The fraction of sp³-hybridized carbons (Fsp3) is 0.706. The third-order valence-electron chi connectivity index (χ3n) is 4.43. The summed E-state index contributed by atoms with van der Waals surface area (Å²) in [6.07, 6.45) is 4.55. The first-order chi connectivity index (χ1) is 10.9. The molecule has 0 radical (unpaired) electrons. The van der Waals surface area contributed by atoms with Gasteiger partial charge in [-0.3, -0.25) is 14.5 Å². The summed E-state index contributed by atoms with van der Waals surface area (Å²) in [7, 11) is 0. The van der Waals surface area contributed by atoms with Crippen LogP contribution >= 0.6 is 0 Å². The number of nitrogens with one attached hydrogen (secondary N) is 1. The minimum atomic E-state index is -0.222. The van der Waals surface area contributed by atoms with E-state index in [1.807, 2.05) is 6.92 Å². The molecule has 2 rings (SSSR count). The van der Waals surface area contributed by atoms with Gasteiger partial charge in [0.2, 0.25) is 0 Å². The van der Waals surface area contributed by atoms with Crippen molar-refractivity contribution in [1.29, 1.82) is 0 Å². The summed E-state index contributed by atoms with van der Waals surface area (Å²) >= 11 is 0. The number of nitrogens with zero attached hydrogens (tertiary/aromatic N) is 3. The minimum absolute atomic E-state index is 0.0755. The summed E-state index contributed by atoms with van der Waals surface area (Å²) in [6, 6.07) is 2.91. The van der Waals surface area contributed by atoms with Crippen LogP contribution in [-0.4, -0.2) is 45.8 Å². The van der Waals surface area contributed by atoms with Crippen molar-refractivity contribution >= 4 is 5.91 Å². The molecule has 1 aliphatic rings. The second kappa shape index (κ2) is 7.73. The number of amides is 1. The molecule has 0 bridgehead atoms. The average molecular weight is 320 g/mol. The van der Waals surface area contributed by atoms with E-state index in [1.54, 1.807) is 0 Å². The van der Waals surface area contributed by atoms with Crippen molar-refractivity contribution in [3.05, 3.63) is 28.2 Å². The Morgan fingerprint density at radius 1 is 1.26 bits per heavy atom. The van der Waals surface area contributed by atoms with Crippen LogP contribution in [0.15, 0.2) is 16.9 Å². The molecule has 0 aliphatic carbocycles. The molecule has 6 heteroatoms. The first-order valence-electron chi connectivity index (χ1n) is 8.55. The zero-order chi connectivity index (χ0) is 16.9. The number of carbonyl (C=O) groups excluding carboxylic acids is 1. The van der Waals surface area contributed by atoms with Crippen molar-refractivity contribution in [2.45, 2.75) is 58.5 Å². The third kappa shape index (κ3) is 4.64. The van der Waals surface area contributed by atoms with Gasteiger partial charge in [-0.2, -0.15) is 5.10 Å². The molecule has 1 amide bonds. The largest absolute Gasteiger partial charge is 0.349 e. The van der Waals surface area contributed by atoms with Gasteiger partial charge < -0.3 is 5.32 Å². The quantitative estimate of drug-likeness (QED) is 0.865. The van der Waals surface area contributed by atoms with Crippen LogP contribution in [0.25, 0.3) is 0 Å². The van der Waals surface area contributed by atoms with Crippen LogP contribution in [0.1, 0.15) is 56.9 Å². The Morgan fingerprint density at radius 2 is 1.96 bits per heavy atom. The number of aryl methyl sites for hydroxylation is 1. The van der Waals surface area contributed by atoms with E-state index in [4.69, 9.17) is 0 Å². The molecule has 0 aromatic carbocycles. The van der Waals surface area contributed by atoms with Crippen molar-refractivity contribution in [2.75, 3.05) is 19.6 Å². The van der Waals surface area contributed by atoms with E-state index in [2.05, 4.69) is 29.2 Å². The van der Waals surface area contributed by atoms with Crippen LogP contribution in [-0.2, 0) is 6.54 Å². The number of aromatic nitrogens is 2. The number of rotatable bonds is 6. The van der Waals surface area contributed by atoms with Crippen molar-refractivity contribution < 1.29 is 4.79 Å². The standard InChI is InChI=1S/C17H28N4O2/c1-4-10-21-15(22)9-8-14(19-21)16(23)18-13-17(2,3)20-11-6-5-7-12-20/h8-9H,4-7,10-13H2,1-3H3,(H,18,23).